The predicted molar refractivity (Wildman–Crippen MR) is 110 cm³/mol. The summed E-state index contributed by atoms with van der Waals surface area (Å²) in [5, 5.41) is 6.79. The molecule has 1 N–H and O–H groups in total. The second-order valence-electron chi connectivity index (χ2n) is 7.04. The van der Waals surface area contributed by atoms with Crippen LogP contribution in [0, 0.1) is 0 Å². The molecule has 0 radical (unpaired) electrons. The zero-order valence-electron chi connectivity index (χ0n) is 15.7. The molecule has 4 rings (SSSR count). The first kappa shape index (κ1) is 19.4. The van der Waals surface area contributed by atoms with Gasteiger partial charge in [0.15, 0.2) is 9.84 Å². The van der Waals surface area contributed by atoms with Gasteiger partial charge in [-0.25, -0.2) is 8.42 Å². The number of nitrogens with one attached hydrogen (secondary N) is 1. The molecule has 1 saturated heterocycles. The van der Waals surface area contributed by atoms with E-state index >= 15 is 0 Å². The van der Waals surface area contributed by atoms with Gasteiger partial charge in [0.2, 0.25) is 0 Å². The molecule has 1 aliphatic rings. The third-order valence-electron chi connectivity index (χ3n) is 4.91. The van der Waals surface area contributed by atoms with Gasteiger partial charge in [-0.1, -0.05) is 29.4 Å². The fourth-order valence-corrected chi connectivity index (χ4v) is 4.54. The van der Waals surface area contributed by atoms with Gasteiger partial charge in [0.1, 0.15) is 12.0 Å². The van der Waals surface area contributed by atoms with Crippen LogP contribution in [0.2, 0.25) is 0 Å². The summed E-state index contributed by atoms with van der Waals surface area (Å²) in [5.74, 6) is 0.192. The summed E-state index contributed by atoms with van der Waals surface area (Å²) in [7, 11) is -2.90. The van der Waals surface area contributed by atoms with Gasteiger partial charge < -0.3 is 9.84 Å². The summed E-state index contributed by atoms with van der Waals surface area (Å²) in [6, 6.07) is 16.6. The lowest BCUT2D eigenvalue weighted by Crippen LogP contribution is -2.39. The molecule has 0 aliphatic carbocycles. The van der Waals surface area contributed by atoms with Crippen molar-refractivity contribution >= 4 is 21.4 Å². The fourth-order valence-electron chi connectivity index (χ4n) is 3.27. The van der Waals surface area contributed by atoms with Crippen molar-refractivity contribution in [2.75, 3.05) is 29.9 Å². The maximum Gasteiger partial charge on any atom is 0.255 e. The zero-order chi connectivity index (χ0) is 20.3. The summed E-state index contributed by atoms with van der Waals surface area (Å²) >= 11 is 0. The first-order valence-electron chi connectivity index (χ1n) is 9.32. The lowest BCUT2D eigenvalue weighted by molar-refractivity contribution is 0.102. The Morgan fingerprint density at radius 2 is 1.83 bits per heavy atom. The molecule has 0 saturated carbocycles. The van der Waals surface area contributed by atoms with Gasteiger partial charge in [-0.15, -0.1) is 0 Å². The van der Waals surface area contributed by atoms with E-state index in [-0.39, 0.29) is 17.4 Å². The number of carbonyl (C=O) groups is 1. The minimum atomic E-state index is -2.90. The van der Waals surface area contributed by atoms with Crippen molar-refractivity contribution < 1.29 is 17.7 Å². The Balaban J connectivity index is 1.39. The molecule has 0 unspecified atom stereocenters. The topological polar surface area (TPSA) is 92.5 Å². The van der Waals surface area contributed by atoms with Crippen molar-refractivity contribution in [1.29, 1.82) is 0 Å². The number of rotatable bonds is 5. The lowest BCUT2D eigenvalue weighted by Gasteiger charge is -2.26. The zero-order valence-corrected chi connectivity index (χ0v) is 16.6. The quantitative estimate of drug-likeness (QED) is 0.694. The molecule has 3 aromatic rings. The summed E-state index contributed by atoms with van der Waals surface area (Å²) in [6.07, 6.45) is 1.51. The number of aromatic nitrogens is 1. The van der Waals surface area contributed by atoms with Crippen molar-refractivity contribution in [2.45, 2.75) is 6.54 Å². The van der Waals surface area contributed by atoms with Crippen LogP contribution in [-0.2, 0) is 16.4 Å². The van der Waals surface area contributed by atoms with Crippen LogP contribution in [0.3, 0.4) is 0 Å². The van der Waals surface area contributed by atoms with Crippen molar-refractivity contribution in [1.82, 2.24) is 10.1 Å². The molecular formula is C21H21N3O4S. The van der Waals surface area contributed by atoms with Gasteiger partial charge in [-0.2, -0.15) is 0 Å². The Labute approximate surface area is 169 Å². The fraction of sp³-hybridized carbons (Fsp3) is 0.238. The molecule has 7 nitrogen and oxygen atoms in total. The van der Waals surface area contributed by atoms with Gasteiger partial charge in [-0.3, -0.25) is 9.69 Å². The summed E-state index contributed by atoms with van der Waals surface area (Å²) in [5.41, 5.74) is 3.88. The third-order valence-corrected chi connectivity index (χ3v) is 6.52. The maximum atomic E-state index is 12.6. The van der Waals surface area contributed by atoms with Crippen molar-refractivity contribution in [3.63, 3.8) is 0 Å². The highest BCUT2D eigenvalue weighted by Gasteiger charge is 2.21. The van der Waals surface area contributed by atoms with Crippen LogP contribution < -0.4 is 5.32 Å². The highest BCUT2D eigenvalue weighted by atomic mass is 32.2. The number of amides is 1. The largest absolute Gasteiger partial charge is 0.364 e. The number of hydrogen-bond acceptors (Lipinski definition) is 6. The second kappa shape index (κ2) is 8.18. The van der Waals surface area contributed by atoms with Crippen molar-refractivity contribution in [2.24, 2.45) is 0 Å². The Bertz CT molecular complexity index is 1080. The summed E-state index contributed by atoms with van der Waals surface area (Å²) < 4.78 is 28.0. The smallest absolute Gasteiger partial charge is 0.255 e. The third kappa shape index (κ3) is 4.90. The molecule has 0 atom stereocenters. The van der Waals surface area contributed by atoms with Crippen LogP contribution in [0.15, 0.2) is 65.4 Å². The Morgan fingerprint density at radius 1 is 1.07 bits per heavy atom. The average Bonchev–Trinajstić information content (AvgIpc) is 3.25. The molecule has 0 spiro atoms. The first-order valence-corrected chi connectivity index (χ1v) is 11.1. The van der Waals surface area contributed by atoms with E-state index in [0.717, 1.165) is 16.8 Å². The molecule has 2 aromatic carbocycles. The highest BCUT2D eigenvalue weighted by molar-refractivity contribution is 7.91. The second-order valence-corrected chi connectivity index (χ2v) is 9.35. The van der Waals surface area contributed by atoms with E-state index in [9.17, 15) is 13.2 Å². The Morgan fingerprint density at radius 3 is 2.52 bits per heavy atom. The van der Waals surface area contributed by atoms with Crippen LogP contribution in [0.4, 0.5) is 5.69 Å². The van der Waals surface area contributed by atoms with Gasteiger partial charge >= 0.3 is 0 Å². The van der Waals surface area contributed by atoms with E-state index in [1.54, 1.807) is 12.1 Å². The molecule has 0 bridgehead atoms. The molecule has 29 heavy (non-hydrogen) atoms. The standard InChI is InChI=1S/C21H21N3O4S/c25-21(22-19-6-4-17(5-7-19)20-8-11-28-23-20)18-3-1-2-16(14-18)15-24-9-12-29(26,27)13-10-24/h1-8,11,14H,9-10,12-13,15H2,(H,22,25). The highest BCUT2D eigenvalue weighted by Crippen LogP contribution is 2.20. The maximum absolute atomic E-state index is 12.6. The van der Waals surface area contributed by atoms with Crippen LogP contribution in [-0.4, -0.2) is 49.0 Å². The van der Waals surface area contributed by atoms with E-state index < -0.39 is 9.84 Å². The number of anilines is 1. The van der Waals surface area contributed by atoms with Gasteiger partial charge in [0, 0.05) is 42.5 Å². The predicted octanol–water partition coefficient (Wildman–Crippen LogP) is 2.82. The Hall–Kier alpha value is -2.97. The van der Waals surface area contributed by atoms with E-state index in [0.29, 0.717) is 30.9 Å². The molecule has 2 heterocycles. The van der Waals surface area contributed by atoms with E-state index in [2.05, 4.69) is 15.4 Å². The van der Waals surface area contributed by atoms with Gasteiger partial charge in [0.25, 0.3) is 5.91 Å². The van der Waals surface area contributed by atoms with E-state index in [1.165, 1.54) is 6.26 Å². The monoisotopic (exact) mass is 411 g/mol. The van der Waals surface area contributed by atoms with Crippen LogP contribution in [0.1, 0.15) is 15.9 Å². The van der Waals surface area contributed by atoms with Crippen LogP contribution >= 0.6 is 0 Å². The van der Waals surface area contributed by atoms with Gasteiger partial charge in [0.05, 0.1) is 11.5 Å². The molecule has 1 aromatic heterocycles. The number of sulfone groups is 1. The molecule has 1 aliphatic heterocycles. The number of carbonyl (C=O) groups excluding carboxylic acids is 1. The van der Waals surface area contributed by atoms with Crippen LogP contribution in [0.25, 0.3) is 11.3 Å². The molecule has 8 heteroatoms. The summed E-state index contributed by atoms with van der Waals surface area (Å²) in [4.78, 5) is 14.7. The SMILES string of the molecule is O=C(Nc1ccc(-c2ccon2)cc1)c1cccc(CN2CCS(=O)(=O)CC2)c1. The molecular weight excluding hydrogens is 390 g/mol. The average molecular weight is 411 g/mol. The molecule has 1 fully saturated rings. The van der Waals surface area contributed by atoms with Crippen molar-refractivity contribution in [3.8, 4) is 11.3 Å². The number of nitrogens with zero attached hydrogens (tertiary/aromatic N) is 2. The van der Waals surface area contributed by atoms with E-state index in [1.807, 2.05) is 42.5 Å². The lowest BCUT2D eigenvalue weighted by atomic mass is 10.1. The van der Waals surface area contributed by atoms with Gasteiger partial charge in [-0.05, 0) is 29.8 Å². The minimum Gasteiger partial charge on any atom is -0.364 e. The normalized spacial score (nSPS) is 16.4. The summed E-state index contributed by atoms with van der Waals surface area (Å²) in [6.45, 7) is 1.68. The number of hydrogen-bond donors (Lipinski definition) is 1. The molecule has 1 amide bonds. The molecule has 150 valence electrons. The van der Waals surface area contributed by atoms with Crippen molar-refractivity contribution in [3.05, 3.63) is 72.0 Å². The Kier molecular flexibility index (Phi) is 5.46. The minimum absolute atomic E-state index is 0.192. The van der Waals surface area contributed by atoms with Crippen LogP contribution in [0.5, 0.6) is 0 Å². The number of benzene rings is 2. The first-order chi connectivity index (χ1) is 14.0. The van der Waals surface area contributed by atoms with E-state index in [4.69, 9.17) is 4.52 Å².